The first-order valence-corrected chi connectivity index (χ1v) is 10.2. The van der Waals surface area contributed by atoms with Crippen molar-refractivity contribution in [1.82, 2.24) is 14.9 Å². The molecule has 1 saturated heterocycles. The van der Waals surface area contributed by atoms with Crippen molar-refractivity contribution < 1.29 is 4.79 Å². The van der Waals surface area contributed by atoms with Crippen LogP contribution in [0.25, 0.3) is 10.2 Å². The molecule has 2 aromatic heterocycles. The summed E-state index contributed by atoms with van der Waals surface area (Å²) in [5.41, 5.74) is 0.737. The summed E-state index contributed by atoms with van der Waals surface area (Å²) in [6.07, 6.45) is 2.11. The van der Waals surface area contributed by atoms with Gasteiger partial charge in [0.25, 0.3) is 0 Å². The Labute approximate surface area is 166 Å². The van der Waals surface area contributed by atoms with Gasteiger partial charge in [0, 0.05) is 49.9 Å². The zero-order chi connectivity index (χ0) is 18.6. The molecule has 8 heteroatoms. The van der Waals surface area contributed by atoms with E-state index in [0.717, 1.165) is 54.4 Å². The number of hydrogen-bond acceptors (Lipinski definition) is 6. The van der Waals surface area contributed by atoms with Crippen LogP contribution in [-0.4, -0.2) is 53.5 Å². The summed E-state index contributed by atoms with van der Waals surface area (Å²) >= 11 is 7.59. The van der Waals surface area contributed by atoms with Gasteiger partial charge in [0.05, 0.1) is 5.39 Å². The maximum absolute atomic E-state index is 12.2. The highest BCUT2D eigenvalue weighted by atomic mass is 35.5. The van der Waals surface area contributed by atoms with Crippen LogP contribution in [0.2, 0.25) is 5.02 Å². The second-order valence-corrected chi connectivity index (χ2v) is 7.80. The van der Waals surface area contributed by atoms with Gasteiger partial charge in [-0.2, -0.15) is 0 Å². The number of nitrogens with one attached hydrogen (secondary N) is 1. The largest absolute Gasteiger partial charge is 0.353 e. The maximum atomic E-state index is 12.2. The van der Waals surface area contributed by atoms with Crippen molar-refractivity contribution in [3.8, 4) is 0 Å². The van der Waals surface area contributed by atoms with Gasteiger partial charge in [0.15, 0.2) is 0 Å². The lowest BCUT2D eigenvalue weighted by Gasteiger charge is -2.35. The molecule has 27 heavy (non-hydrogen) atoms. The number of aromatic nitrogens is 2. The van der Waals surface area contributed by atoms with E-state index in [1.165, 1.54) is 0 Å². The Hall–Kier alpha value is -2.22. The highest BCUT2D eigenvalue weighted by Gasteiger charge is 2.20. The van der Waals surface area contributed by atoms with E-state index in [9.17, 15) is 4.79 Å². The average Bonchev–Trinajstić information content (AvgIpc) is 3.16. The summed E-state index contributed by atoms with van der Waals surface area (Å²) in [7, 11) is 0. The smallest absolute Gasteiger partial charge is 0.225 e. The number of carbonyl (C=O) groups excluding carboxylic acids is 1. The highest BCUT2D eigenvalue weighted by molar-refractivity contribution is 7.16. The Morgan fingerprint density at radius 1 is 1.19 bits per heavy atom. The first kappa shape index (κ1) is 18.2. The van der Waals surface area contributed by atoms with E-state index in [-0.39, 0.29) is 5.91 Å². The Bertz CT molecular complexity index is 939. The standard InChI is InChI=1S/C19H20ClN5OS/c20-14-2-1-3-15(12-14)23-17(26)4-6-24-7-9-25(10-8-24)18-16-5-11-27-19(16)22-13-21-18/h1-3,5,11-13H,4,6-10H2,(H,23,26). The third kappa shape index (κ3) is 4.37. The molecule has 1 fully saturated rings. The van der Waals surface area contributed by atoms with Crippen LogP contribution in [-0.2, 0) is 4.79 Å². The van der Waals surface area contributed by atoms with Crippen molar-refractivity contribution in [2.45, 2.75) is 6.42 Å². The molecule has 0 spiro atoms. The van der Waals surface area contributed by atoms with Gasteiger partial charge >= 0.3 is 0 Å². The number of amides is 1. The number of anilines is 2. The van der Waals surface area contributed by atoms with E-state index < -0.39 is 0 Å². The molecule has 0 unspecified atom stereocenters. The monoisotopic (exact) mass is 401 g/mol. The molecular formula is C19H20ClN5OS. The van der Waals surface area contributed by atoms with Gasteiger partial charge in [-0.15, -0.1) is 11.3 Å². The summed E-state index contributed by atoms with van der Waals surface area (Å²) in [5.74, 6) is 1.02. The van der Waals surface area contributed by atoms with E-state index in [0.29, 0.717) is 11.4 Å². The van der Waals surface area contributed by atoms with Crippen molar-refractivity contribution in [3.05, 3.63) is 47.1 Å². The second kappa shape index (κ2) is 8.21. The molecule has 1 aliphatic heterocycles. The fourth-order valence-electron chi connectivity index (χ4n) is 3.26. The van der Waals surface area contributed by atoms with Gasteiger partial charge in [-0.05, 0) is 29.6 Å². The Balaban J connectivity index is 1.27. The Kier molecular flexibility index (Phi) is 5.52. The summed E-state index contributed by atoms with van der Waals surface area (Å²) in [6.45, 7) is 4.38. The summed E-state index contributed by atoms with van der Waals surface area (Å²) < 4.78 is 0. The van der Waals surface area contributed by atoms with E-state index in [1.54, 1.807) is 29.8 Å². The first-order valence-electron chi connectivity index (χ1n) is 8.90. The predicted octanol–water partition coefficient (Wildman–Crippen LogP) is 3.50. The van der Waals surface area contributed by atoms with Crippen LogP contribution < -0.4 is 10.2 Å². The third-order valence-electron chi connectivity index (χ3n) is 4.68. The van der Waals surface area contributed by atoms with E-state index in [4.69, 9.17) is 11.6 Å². The number of halogens is 1. The zero-order valence-corrected chi connectivity index (χ0v) is 16.3. The van der Waals surface area contributed by atoms with Gasteiger partial charge in [-0.1, -0.05) is 17.7 Å². The van der Waals surface area contributed by atoms with Gasteiger partial charge < -0.3 is 10.2 Å². The molecule has 4 rings (SSSR count). The van der Waals surface area contributed by atoms with Crippen LogP contribution in [0.4, 0.5) is 11.5 Å². The fraction of sp³-hybridized carbons (Fsp3) is 0.316. The van der Waals surface area contributed by atoms with Crippen LogP contribution >= 0.6 is 22.9 Å². The SMILES string of the molecule is O=C(CCN1CCN(c2ncnc3sccc23)CC1)Nc1cccc(Cl)c1. The molecule has 0 atom stereocenters. The number of piperazine rings is 1. The van der Waals surface area contributed by atoms with Gasteiger partial charge in [0.2, 0.25) is 5.91 Å². The van der Waals surface area contributed by atoms with E-state index in [2.05, 4.69) is 36.5 Å². The van der Waals surface area contributed by atoms with Crippen LogP contribution in [0.1, 0.15) is 6.42 Å². The number of thiophene rings is 1. The molecule has 0 aliphatic carbocycles. The number of fused-ring (bicyclic) bond motifs is 1. The molecule has 3 aromatic rings. The molecule has 1 aromatic carbocycles. The Morgan fingerprint density at radius 2 is 2.04 bits per heavy atom. The molecule has 0 radical (unpaired) electrons. The van der Waals surface area contributed by atoms with Crippen molar-refractivity contribution in [2.75, 3.05) is 42.9 Å². The van der Waals surface area contributed by atoms with Crippen molar-refractivity contribution >= 4 is 50.6 Å². The highest BCUT2D eigenvalue weighted by Crippen LogP contribution is 2.27. The van der Waals surface area contributed by atoms with Crippen LogP contribution in [0, 0.1) is 0 Å². The molecule has 6 nitrogen and oxygen atoms in total. The number of hydrogen-bond donors (Lipinski definition) is 1. The minimum atomic E-state index is 0.00970. The minimum absolute atomic E-state index is 0.00970. The molecule has 0 bridgehead atoms. The Morgan fingerprint density at radius 3 is 2.85 bits per heavy atom. The topological polar surface area (TPSA) is 61.4 Å². The quantitative estimate of drug-likeness (QED) is 0.709. The summed E-state index contributed by atoms with van der Waals surface area (Å²) in [4.78, 5) is 26.6. The number of benzene rings is 1. The number of carbonyl (C=O) groups is 1. The number of nitrogens with zero attached hydrogens (tertiary/aromatic N) is 4. The lowest BCUT2D eigenvalue weighted by molar-refractivity contribution is -0.116. The lowest BCUT2D eigenvalue weighted by atomic mass is 10.2. The molecule has 1 aliphatic rings. The van der Waals surface area contributed by atoms with Crippen molar-refractivity contribution in [2.24, 2.45) is 0 Å². The molecule has 3 heterocycles. The van der Waals surface area contributed by atoms with Crippen LogP contribution in [0.15, 0.2) is 42.0 Å². The first-order chi connectivity index (χ1) is 13.2. The fourth-order valence-corrected chi connectivity index (χ4v) is 4.18. The zero-order valence-electron chi connectivity index (χ0n) is 14.8. The predicted molar refractivity (Wildman–Crippen MR) is 111 cm³/mol. The normalized spacial score (nSPS) is 15.2. The van der Waals surface area contributed by atoms with Crippen LogP contribution in [0.3, 0.4) is 0 Å². The summed E-state index contributed by atoms with van der Waals surface area (Å²) in [5, 5.41) is 6.69. The summed E-state index contributed by atoms with van der Waals surface area (Å²) in [6, 6.07) is 9.30. The lowest BCUT2D eigenvalue weighted by Crippen LogP contribution is -2.47. The van der Waals surface area contributed by atoms with Crippen molar-refractivity contribution in [1.29, 1.82) is 0 Å². The van der Waals surface area contributed by atoms with Gasteiger partial charge in [-0.3, -0.25) is 9.69 Å². The van der Waals surface area contributed by atoms with Crippen molar-refractivity contribution in [3.63, 3.8) is 0 Å². The average molecular weight is 402 g/mol. The third-order valence-corrected chi connectivity index (χ3v) is 5.73. The minimum Gasteiger partial charge on any atom is -0.353 e. The van der Waals surface area contributed by atoms with E-state index >= 15 is 0 Å². The second-order valence-electron chi connectivity index (χ2n) is 6.47. The molecular weight excluding hydrogens is 382 g/mol. The maximum Gasteiger partial charge on any atom is 0.225 e. The molecule has 140 valence electrons. The van der Waals surface area contributed by atoms with E-state index in [1.807, 2.05) is 12.1 Å². The number of rotatable bonds is 5. The van der Waals surface area contributed by atoms with Gasteiger partial charge in [0.1, 0.15) is 17.0 Å². The molecule has 0 saturated carbocycles. The molecule has 1 N–H and O–H groups in total. The van der Waals surface area contributed by atoms with Crippen LogP contribution in [0.5, 0.6) is 0 Å². The molecule has 1 amide bonds. The van der Waals surface area contributed by atoms with Gasteiger partial charge in [-0.25, -0.2) is 9.97 Å².